The van der Waals surface area contributed by atoms with Crippen LogP contribution in [0.25, 0.3) is 0 Å². The molecule has 0 bridgehead atoms. The van der Waals surface area contributed by atoms with Crippen molar-refractivity contribution in [3.63, 3.8) is 0 Å². The van der Waals surface area contributed by atoms with E-state index in [1.54, 1.807) is 12.1 Å². The van der Waals surface area contributed by atoms with Gasteiger partial charge in [0.1, 0.15) is 5.75 Å². The predicted octanol–water partition coefficient (Wildman–Crippen LogP) is 3.80. The Balaban J connectivity index is 1.95. The summed E-state index contributed by atoms with van der Waals surface area (Å²) in [6.07, 6.45) is 1.79. The molecule has 2 aromatic carbocycles. The molecule has 0 amide bonds. The van der Waals surface area contributed by atoms with Gasteiger partial charge in [-0.05, 0) is 36.1 Å². The Morgan fingerprint density at radius 1 is 0.957 bits per heavy atom. The molecule has 2 N–H and O–H groups in total. The summed E-state index contributed by atoms with van der Waals surface area (Å²) in [4.78, 5) is 10.4. The molecule has 2 rings (SSSR count). The fourth-order valence-corrected chi connectivity index (χ4v) is 2.57. The molecule has 0 fully saturated rings. The normalized spacial score (nSPS) is 12.0. The molecule has 0 aliphatic carbocycles. The zero-order valence-electron chi connectivity index (χ0n) is 13.0. The topological polar surface area (TPSA) is 66.8 Å². The van der Waals surface area contributed by atoms with Crippen molar-refractivity contribution in [3.05, 3.63) is 65.7 Å². The number of carboxylic acids is 1. The number of benzene rings is 2. The van der Waals surface area contributed by atoms with Crippen LogP contribution in [0.3, 0.4) is 0 Å². The Kier molecular flexibility index (Phi) is 6.63. The van der Waals surface area contributed by atoms with Gasteiger partial charge in [-0.25, -0.2) is 0 Å². The first-order valence-electron chi connectivity index (χ1n) is 7.80. The van der Waals surface area contributed by atoms with E-state index >= 15 is 0 Å². The first kappa shape index (κ1) is 17.0. The smallest absolute Gasteiger partial charge is 0.305 e. The van der Waals surface area contributed by atoms with Gasteiger partial charge in [0.15, 0.2) is 0 Å². The molecule has 1 unspecified atom stereocenters. The predicted molar refractivity (Wildman–Crippen MR) is 88.7 cm³/mol. The maximum Gasteiger partial charge on any atom is 0.305 e. The molecule has 0 spiro atoms. The largest absolute Gasteiger partial charge is 0.508 e. The number of phenolic OH excluding ortho intramolecular Hbond substituents is 1. The Bertz CT molecular complexity index is 593. The summed E-state index contributed by atoms with van der Waals surface area (Å²) in [6, 6.07) is 17.5. The van der Waals surface area contributed by atoms with Gasteiger partial charge in [-0.1, -0.05) is 42.5 Å². The lowest BCUT2D eigenvalue weighted by molar-refractivity contribution is -0.138. The van der Waals surface area contributed by atoms with Crippen LogP contribution in [0.2, 0.25) is 0 Å². The first-order chi connectivity index (χ1) is 11.2. The minimum absolute atomic E-state index is 0.0417. The van der Waals surface area contributed by atoms with E-state index in [2.05, 4.69) is 12.1 Å². The SMILES string of the molecule is O=C(O)CCOCCCC(c1ccccc1)c1ccc(O)cc1. The summed E-state index contributed by atoms with van der Waals surface area (Å²) >= 11 is 0. The minimum atomic E-state index is -0.837. The number of hydrogen-bond acceptors (Lipinski definition) is 3. The summed E-state index contributed by atoms with van der Waals surface area (Å²) in [7, 11) is 0. The van der Waals surface area contributed by atoms with Gasteiger partial charge in [0, 0.05) is 12.5 Å². The molecule has 0 heterocycles. The van der Waals surface area contributed by atoms with Gasteiger partial charge in [0.2, 0.25) is 0 Å². The molecule has 0 saturated carbocycles. The fraction of sp³-hybridized carbons (Fsp3) is 0.316. The standard InChI is InChI=1S/C19H22O4/c20-17-10-8-16(9-11-17)18(15-5-2-1-3-6-15)7-4-13-23-14-12-19(21)22/h1-3,5-6,8-11,18,20H,4,7,12-14H2,(H,21,22). The van der Waals surface area contributed by atoms with Crippen molar-refractivity contribution in [3.8, 4) is 5.75 Å². The van der Waals surface area contributed by atoms with Crippen LogP contribution in [0.1, 0.15) is 36.3 Å². The molecule has 0 aliphatic rings. The van der Waals surface area contributed by atoms with E-state index in [-0.39, 0.29) is 24.7 Å². The summed E-state index contributed by atoms with van der Waals surface area (Å²) < 4.78 is 5.36. The van der Waals surface area contributed by atoms with Crippen LogP contribution in [0.4, 0.5) is 0 Å². The number of phenols is 1. The molecule has 1 atom stereocenters. The Morgan fingerprint density at radius 3 is 2.26 bits per heavy atom. The van der Waals surface area contributed by atoms with E-state index in [0.29, 0.717) is 6.61 Å². The molecular formula is C19H22O4. The van der Waals surface area contributed by atoms with Gasteiger partial charge >= 0.3 is 5.97 Å². The highest BCUT2D eigenvalue weighted by molar-refractivity contribution is 5.66. The van der Waals surface area contributed by atoms with Crippen molar-refractivity contribution < 1.29 is 19.7 Å². The van der Waals surface area contributed by atoms with Crippen molar-refractivity contribution in [1.82, 2.24) is 0 Å². The van der Waals surface area contributed by atoms with Crippen molar-refractivity contribution in [2.45, 2.75) is 25.2 Å². The van der Waals surface area contributed by atoms with Gasteiger partial charge in [0.25, 0.3) is 0 Å². The van der Waals surface area contributed by atoms with E-state index in [1.807, 2.05) is 30.3 Å². The van der Waals surface area contributed by atoms with Crippen molar-refractivity contribution in [2.24, 2.45) is 0 Å². The number of carbonyl (C=O) groups is 1. The molecule has 0 saturated heterocycles. The lowest BCUT2D eigenvalue weighted by Crippen LogP contribution is -2.06. The molecule has 4 nitrogen and oxygen atoms in total. The van der Waals surface area contributed by atoms with Crippen LogP contribution >= 0.6 is 0 Å². The third-order valence-electron chi connectivity index (χ3n) is 3.74. The van der Waals surface area contributed by atoms with Crippen molar-refractivity contribution >= 4 is 5.97 Å². The highest BCUT2D eigenvalue weighted by atomic mass is 16.5. The third kappa shape index (κ3) is 5.75. The molecule has 23 heavy (non-hydrogen) atoms. The van der Waals surface area contributed by atoms with E-state index < -0.39 is 5.97 Å². The van der Waals surface area contributed by atoms with Gasteiger partial charge < -0.3 is 14.9 Å². The molecule has 0 aliphatic heterocycles. The zero-order valence-corrected chi connectivity index (χ0v) is 13.0. The minimum Gasteiger partial charge on any atom is -0.508 e. The van der Waals surface area contributed by atoms with E-state index in [9.17, 15) is 9.90 Å². The number of carboxylic acid groups (broad SMARTS) is 1. The van der Waals surface area contributed by atoms with E-state index in [1.165, 1.54) is 5.56 Å². The van der Waals surface area contributed by atoms with Crippen molar-refractivity contribution in [1.29, 1.82) is 0 Å². The highest BCUT2D eigenvalue weighted by Gasteiger charge is 2.13. The second kappa shape index (κ2) is 8.96. The number of rotatable bonds is 9. The molecule has 122 valence electrons. The molecule has 4 heteroatoms. The summed E-state index contributed by atoms with van der Waals surface area (Å²) in [5.74, 6) is -0.339. The maximum atomic E-state index is 10.4. The van der Waals surface area contributed by atoms with Gasteiger partial charge in [0.05, 0.1) is 13.0 Å². The van der Waals surface area contributed by atoms with E-state index in [0.717, 1.165) is 18.4 Å². The molecule has 0 aromatic heterocycles. The van der Waals surface area contributed by atoms with Crippen LogP contribution < -0.4 is 0 Å². The van der Waals surface area contributed by atoms with Gasteiger partial charge in [-0.3, -0.25) is 4.79 Å². The number of aliphatic carboxylic acids is 1. The average Bonchev–Trinajstić information content (AvgIpc) is 2.56. The van der Waals surface area contributed by atoms with Gasteiger partial charge in [-0.15, -0.1) is 0 Å². The lowest BCUT2D eigenvalue weighted by atomic mass is 9.87. The lowest BCUT2D eigenvalue weighted by Gasteiger charge is -2.18. The summed E-state index contributed by atoms with van der Waals surface area (Å²) in [5, 5.41) is 18.0. The Morgan fingerprint density at radius 2 is 1.61 bits per heavy atom. The van der Waals surface area contributed by atoms with Crippen molar-refractivity contribution in [2.75, 3.05) is 13.2 Å². The highest BCUT2D eigenvalue weighted by Crippen LogP contribution is 2.30. The summed E-state index contributed by atoms with van der Waals surface area (Å²) in [5.41, 5.74) is 2.38. The number of hydrogen-bond donors (Lipinski definition) is 2. The van der Waals surface area contributed by atoms with Crippen LogP contribution in [-0.2, 0) is 9.53 Å². The molecule has 0 radical (unpaired) electrons. The maximum absolute atomic E-state index is 10.4. The third-order valence-corrected chi connectivity index (χ3v) is 3.74. The second-order valence-electron chi connectivity index (χ2n) is 5.45. The monoisotopic (exact) mass is 314 g/mol. The number of ether oxygens (including phenoxy) is 1. The quantitative estimate of drug-likeness (QED) is 0.691. The van der Waals surface area contributed by atoms with Crippen LogP contribution in [0, 0.1) is 0 Å². The average molecular weight is 314 g/mol. The Labute approximate surface area is 136 Å². The second-order valence-corrected chi connectivity index (χ2v) is 5.45. The van der Waals surface area contributed by atoms with Gasteiger partial charge in [-0.2, -0.15) is 0 Å². The zero-order chi connectivity index (χ0) is 16.5. The van der Waals surface area contributed by atoms with Crippen LogP contribution in [0.15, 0.2) is 54.6 Å². The van der Waals surface area contributed by atoms with Crippen LogP contribution in [-0.4, -0.2) is 29.4 Å². The summed E-state index contributed by atoms with van der Waals surface area (Å²) in [6.45, 7) is 0.805. The Hall–Kier alpha value is -2.33. The van der Waals surface area contributed by atoms with Crippen LogP contribution in [0.5, 0.6) is 5.75 Å². The number of aromatic hydroxyl groups is 1. The molecule has 2 aromatic rings. The fourth-order valence-electron chi connectivity index (χ4n) is 2.57. The molecular weight excluding hydrogens is 292 g/mol. The first-order valence-corrected chi connectivity index (χ1v) is 7.80. The van der Waals surface area contributed by atoms with E-state index in [4.69, 9.17) is 9.84 Å².